The van der Waals surface area contributed by atoms with E-state index >= 15 is 0 Å². The van der Waals surface area contributed by atoms with Gasteiger partial charge in [0.25, 0.3) is 0 Å². The van der Waals surface area contributed by atoms with Gasteiger partial charge in [0, 0.05) is 16.8 Å². The van der Waals surface area contributed by atoms with E-state index in [1.807, 2.05) is 48.7 Å². The summed E-state index contributed by atoms with van der Waals surface area (Å²) >= 11 is 7.42. The second-order valence-electron chi connectivity index (χ2n) is 7.84. The number of anilines is 1. The summed E-state index contributed by atoms with van der Waals surface area (Å²) < 4.78 is 6.37. The minimum atomic E-state index is -0.148. The summed E-state index contributed by atoms with van der Waals surface area (Å²) in [5.41, 5.74) is 4.46. The number of aromatic nitrogens is 1. The molecule has 0 amide bonds. The van der Waals surface area contributed by atoms with E-state index in [-0.39, 0.29) is 12.1 Å². The number of hydrogen-bond acceptors (Lipinski definition) is 4. The quantitative estimate of drug-likeness (QED) is 0.340. The minimum absolute atomic E-state index is 0.119. The van der Waals surface area contributed by atoms with Crippen LogP contribution in [0.4, 0.5) is 5.69 Å². The van der Waals surface area contributed by atoms with Crippen molar-refractivity contribution >= 4 is 34.8 Å². The van der Waals surface area contributed by atoms with E-state index in [0.29, 0.717) is 5.11 Å². The van der Waals surface area contributed by atoms with E-state index in [1.54, 1.807) is 11.8 Å². The van der Waals surface area contributed by atoms with Crippen molar-refractivity contribution in [3.8, 4) is 0 Å². The largest absolute Gasteiger partial charge is 0.452 e. The summed E-state index contributed by atoms with van der Waals surface area (Å²) in [7, 11) is 0. The summed E-state index contributed by atoms with van der Waals surface area (Å²) in [5, 5.41) is 5.01. The third-order valence-electron chi connectivity index (χ3n) is 5.72. The Morgan fingerprint density at radius 3 is 2.50 bits per heavy atom. The normalized spacial score (nSPS) is 18.1. The molecular weight excluding hydrogens is 434 g/mol. The van der Waals surface area contributed by atoms with E-state index in [4.69, 9.17) is 16.6 Å². The van der Waals surface area contributed by atoms with Crippen LogP contribution in [-0.4, -0.2) is 10.1 Å². The maximum absolute atomic E-state index is 6.37. The van der Waals surface area contributed by atoms with Gasteiger partial charge in [0.1, 0.15) is 11.8 Å². The number of aryl methyl sites for hydroxylation is 2. The van der Waals surface area contributed by atoms with Gasteiger partial charge in [-0.1, -0.05) is 42.1 Å². The SMILES string of the molecule is Cc1ccc(N2C(=S)N[C@H](c3ccccn3)[C@@H]2c2ccc(Sc3ccccc3)o2)cc1C. The molecule has 1 aliphatic heterocycles. The molecule has 0 radical (unpaired) electrons. The third-order valence-corrected chi connectivity index (χ3v) is 6.97. The van der Waals surface area contributed by atoms with Crippen LogP contribution in [0, 0.1) is 13.8 Å². The third kappa shape index (κ3) is 4.04. The number of thiocarbonyl (C=S) groups is 1. The van der Waals surface area contributed by atoms with Crippen LogP contribution in [0.15, 0.2) is 99.5 Å². The molecule has 3 heterocycles. The molecule has 0 unspecified atom stereocenters. The lowest BCUT2D eigenvalue weighted by Gasteiger charge is -2.26. The summed E-state index contributed by atoms with van der Waals surface area (Å²) in [5.74, 6) is 0.852. The van der Waals surface area contributed by atoms with Gasteiger partial charge in [-0.3, -0.25) is 4.98 Å². The topological polar surface area (TPSA) is 41.3 Å². The fraction of sp³-hybridized carbons (Fsp3) is 0.154. The average molecular weight is 458 g/mol. The number of nitrogens with one attached hydrogen (secondary N) is 1. The molecule has 6 heteroatoms. The van der Waals surface area contributed by atoms with Crippen molar-refractivity contribution in [2.45, 2.75) is 35.9 Å². The molecular formula is C26H23N3OS2. The highest BCUT2D eigenvalue weighted by molar-refractivity contribution is 7.99. The van der Waals surface area contributed by atoms with Crippen molar-refractivity contribution in [1.29, 1.82) is 0 Å². The molecule has 0 bridgehead atoms. The molecule has 5 rings (SSSR count). The first-order valence-corrected chi connectivity index (χ1v) is 11.7. The average Bonchev–Trinajstić information content (AvgIpc) is 3.41. The van der Waals surface area contributed by atoms with Gasteiger partial charge < -0.3 is 14.6 Å². The summed E-state index contributed by atoms with van der Waals surface area (Å²) in [6.45, 7) is 4.24. The van der Waals surface area contributed by atoms with Crippen LogP contribution in [0.2, 0.25) is 0 Å². The molecule has 1 N–H and O–H groups in total. The zero-order valence-electron chi connectivity index (χ0n) is 17.9. The van der Waals surface area contributed by atoms with E-state index < -0.39 is 0 Å². The molecule has 32 heavy (non-hydrogen) atoms. The molecule has 0 saturated carbocycles. The highest BCUT2D eigenvalue weighted by atomic mass is 32.2. The molecule has 0 spiro atoms. The zero-order valence-corrected chi connectivity index (χ0v) is 19.5. The van der Waals surface area contributed by atoms with Gasteiger partial charge in [0.05, 0.1) is 11.7 Å². The molecule has 1 aliphatic rings. The summed E-state index contributed by atoms with van der Waals surface area (Å²) in [6, 6.07) is 26.4. The van der Waals surface area contributed by atoms with Gasteiger partial charge in [0.2, 0.25) is 0 Å². The second-order valence-corrected chi connectivity index (χ2v) is 9.30. The van der Waals surface area contributed by atoms with Gasteiger partial charge in [-0.2, -0.15) is 0 Å². The fourth-order valence-electron chi connectivity index (χ4n) is 3.95. The van der Waals surface area contributed by atoms with Crippen molar-refractivity contribution in [3.05, 3.63) is 108 Å². The number of nitrogens with zero attached hydrogens (tertiary/aromatic N) is 2. The Morgan fingerprint density at radius 2 is 1.75 bits per heavy atom. The summed E-state index contributed by atoms with van der Waals surface area (Å²) in [4.78, 5) is 7.90. The molecule has 1 fully saturated rings. The van der Waals surface area contributed by atoms with Gasteiger partial charge >= 0.3 is 0 Å². The first kappa shape index (κ1) is 20.8. The Morgan fingerprint density at radius 1 is 0.938 bits per heavy atom. The van der Waals surface area contributed by atoms with Crippen LogP contribution in [0.1, 0.15) is 34.7 Å². The number of furan rings is 1. The smallest absolute Gasteiger partial charge is 0.174 e. The zero-order chi connectivity index (χ0) is 22.1. The van der Waals surface area contributed by atoms with Crippen LogP contribution >= 0.6 is 24.0 Å². The Labute approximate surface area is 197 Å². The Balaban J connectivity index is 1.55. The van der Waals surface area contributed by atoms with Crippen LogP contribution in [0.3, 0.4) is 0 Å². The fourth-order valence-corrected chi connectivity index (χ4v) is 5.10. The van der Waals surface area contributed by atoms with Crippen LogP contribution in [-0.2, 0) is 0 Å². The molecule has 0 aliphatic carbocycles. The maximum atomic E-state index is 6.37. The predicted octanol–water partition coefficient (Wildman–Crippen LogP) is 6.62. The monoisotopic (exact) mass is 457 g/mol. The standard InChI is InChI=1S/C26H23N3OS2/c1-17-11-12-19(16-18(17)2)29-25(24(28-26(29)31)21-10-6-7-15-27-21)22-13-14-23(30-22)32-20-8-4-3-5-9-20/h3-16,24-25H,1-2H3,(H,28,31)/t24-,25+/m1/s1. The Bertz CT molecular complexity index is 1240. The van der Waals surface area contributed by atoms with Crippen molar-refractivity contribution in [1.82, 2.24) is 10.3 Å². The second kappa shape index (κ2) is 8.81. The number of pyridine rings is 1. The molecule has 4 aromatic rings. The predicted molar refractivity (Wildman–Crippen MR) is 133 cm³/mol. The molecule has 2 aromatic carbocycles. The first-order chi connectivity index (χ1) is 15.6. The molecule has 1 saturated heterocycles. The summed E-state index contributed by atoms with van der Waals surface area (Å²) in [6.07, 6.45) is 1.81. The van der Waals surface area contributed by atoms with Crippen molar-refractivity contribution in [2.75, 3.05) is 4.90 Å². The lowest BCUT2D eigenvalue weighted by molar-refractivity contribution is 0.383. The van der Waals surface area contributed by atoms with E-state index in [0.717, 1.165) is 27.1 Å². The lowest BCUT2D eigenvalue weighted by atomic mass is 10.0. The van der Waals surface area contributed by atoms with Crippen molar-refractivity contribution in [2.24, 2.45) is 0 Å². The molecule has 4 nitrogen and oxygen atoms in total. The van der Waals surface area contributed by atoms with Gasteiger partial charge in [-0.05, 0) is 85.7 Å². The number of rotatable bonds is 5. The van der Waals surface area contributed by atoms with Crippen molar-refractivity contribution < 1.29 is 4.42 Å². The van der Waals surface area contributed by atoms with Gasteiger partial charge in [-0.25, -0.2) is 0 Å². The first-order valence-electron chi connectivity index (χ1n) is 10.5. The molecule has 2 atom stereocenters. The Hall–Kier alpha value is -3.09. The van der Waals surface area contributed by atoms with Gasteiger partial charge in [-0.15, -0.1) is 0 Å². The Kier molecular flexibility index (Phi) is 5.72. The minimum Gasteiger partial charge on any atom is -0.452 e. The lowest BCUT2D eigenvalue weighted by Crippen LogP contribution is -2.29. The highest BCUT2D eigenvalue weighted by Gasteiger charge is 2.42. The van der Waals surface area contributed by atoms with E-state index in [9.17, 15) is 0 Å². The van der Waals surface area contributed by atoms with Crippen LogP contribution in [0.25, 0.3) is 0 Å². The number of benzene rings is 2. The van der Waals surface area contributed by atoms with Crippen LogP contribution in [0.5, 0.6) is 0 Å². The molecule has 2 aromatic heterocycles. The van der Waals surface area contributed by atoms with Crippen molar-refractivity contribution in [3.63, 3.8) is 0 Å². The molecule has 160 valence electrons. The van der Waals surface area contributed by atoms with E-state index in [2.05, 4.69) is 65.4 Å². The van der Waals surface area contributed by atoms with Crippen LogP contribution < -0.4 is 10.2 Å². The van der Waals surface area contributed by atoms with Gasteiger partial charge in [0.15, 0.2) is 10.2 Å². The highest BCUT2D eigenvalue weighted by Crippen LogP contribution is 2.43. The maximum Gasteiger partial charge on any atom is 0.174 e. The number of hydrogen-bond donors (Lipinski definition) is 1. The van der Waals surface area contributed by atoms with E-state index in [1.165, 1.54) is 11.1 Å².